The number of halogens is 1. The van der Waals surface area contributed by atoms with Crippen molar-refractivity contribution < 1.29 is 15.1 Å². The monoisotopic (exact) mass is 253 g/mol. The highest BCUT2D eigenvalue weighted by Crippen LogP contribution is 2.24. The van der Waals surface area contributed by atoms with Crippen LogP contribution in [0.25, 0.3) is 5.03 Å². The van der Waals surface area contributed by atoms with Gasteiger partial charge in [-0.2, -0.15) is 0 Å². The van der Waals surface area contributed by atoms with Crippen LogP contribution in [0, 0.1) is 6.92 Å². The number of carbonyl (C=O) groups is 1. The Hall–Kier alpha value is -1.81. The summed E-state index contributed by atoms with van der Waals surface area (Å²) in [6.45, 7) is 1.94. The van der Waals surface area contributed by atoms with Gasteiger partial charge in [-0.25, -0.2) is 0 Å². The molecule has 5 heteroatoms. The Kier molecular flexibility index (Phi) is 4.72. The van der Waals surface area contributed by atoms with Crippen LogP contribution in [0.2, 0.25) is 0 Å². The zero-order valence-electron chi connectivity index (χ0n) is 9.22. The number of aryl methyl sites for hydroxylation is 1. The fraction of sp³-hybridized carbons (Fsp3) is 0.167. The van der Waals surface area contributed by atoms with E-state index in [1.807, 2.05) is 19.1 Å². The summed E-state index contributed by atoms with van der Waals surface area (Å²) in [5.41, 5.74) is 2.02. The number of benzene rings is 1. The summed E-state index contributed by atoms with van der Waals surface area (Å²) < 4.78 is 0. The fourth-order valence-corrected chi connectivity index (χ4v) is 1.54. The van der Waals surface area contributed by atoms with E-state index in [1.54, 1.807) is 12.1 Å². The summed E-state index contributed by atoms with van der Waals surface area (Å²) in [6.07, 6.45) is 0.743. The van der Waals surface area contributed by atoms with E-state index in [-0.39, 0.29) is 17.0 Å². The molecule has 4 nitrogen and oxygen atoms in total. The van der Waals surface area contributed by atoms with Crippen LogP contribution in [0.4, 0.5) is 0 Å². The third-order valence-corrected chi connectivity index (χ3v) is 2.60. The van der Waals surface area contributed by atoms with Crippen molar-refractivity contribution >= 4 is 28.8 Å². The molecular formula is C12H12ClNO3. The molecule has 0 aliphatic rings. The molecule has 1 aromatic rings. The molecule has 0 radical (unpaired) electrons. The average Bonchev–Trinajstić information content (AvgIpc) is 2.28. The molecule has 1 aromatic carbocycles. The number of carboxylic acid groups (broad SMARTS) is 1. The molecule has 0 aliphatic heterocycles. The maximum Gasteiger partial charge on any atom is 0.307 e. The molecule has 0 atom stereocenters. The van der Waals surface area contributed by atoms with Crippen LogP contribution >= 0.6 is 11.6 Å². The van der Waals surface area contributed by atoms with Gasteiger partial charge in [-0.05, 0) is 12.5 Å². The van der Waals surface area contributed by atoms with E-state index in [0.717, 1.165) is 11.8 Å². The molecular weight excluding hydrogens is 242 g/mol. The molecule has 0 saturated carbocycles. The minimum absolute atomic E-state index is 0.255. The van der Waals surface area contributed by atoms with Crippen molar-refractivity contribution in [2.24, 2.45) is 5.16 Å². The van der Waals surface area contributed by atoms with E-state index in [9.17, 15) is 4.79 Å². The lowest BCUT2D eigenvalue weighted by Crippen LogP contribution is -2.00. The van der Waals surface area contributed by atoms with Crippen LogP contribution in [0.15, 0.2) is 35.0 Å². The summed E-state index contributed by atoms with van der Waals surface area (Å²) in [5, 5.41) is 20.3. The molecule has 90 valence electrons. The standard InChI is InChI=1S/C12H12ClNO3/c1-8-2-4-9(5-3-8)12(13)10(7-14-17)6-11(15)16/h2-5,7,17H,6H2,1H3,(H,15,16). The number of hydrogen-bond donors (Lipinski definition) is 2. The Labute approximate surface area is 104 Å². The molecule has 0 fully saturated rings. The van der Waals surface area contributed by atoms with Gasteiger partial charge in [0.2, 0.25) is 0 Å². The molecule has 0 spiro atoms. The first-order chi connectivity index (χ1) is 8.04. The summed E-state index contributed by atoms with van der Waals surface area (Å²) in [7, 11) is 0. The molecule has 0 aromatic heterocycles. The van der Waals surface area contributed by atoms with Crippen LogP contribution < -0.4 is 0 Å². The van der Waals surface area contributed by atoms with Crippen molar-refractivity contribution in [3.05, 3.63) is 41.0 Å². The predicted octanol–water partition coefficient (Wildman–Crippen LogP) is 2.88. The first kappa shape index (κ1) is 13.3. The van der Waals surface area contributed by atoms with Gasteiger partial charge < -0.3 is 10.3 Å². The van der Waals surface area contributed by atoms with E-state index in [0.29, 0.717) is 5.56 Å². The van der Waals surface area contributed by atoms with Gasteiger partial charge >= 0.3 is 5.97 Å². The third kappa shape index (κ3) is 3.92. The Bertz CT molecular complexity index is 463. The normalized spacial score (nSPS) is 12.6. The molecule has 0 aliphatic carbocycles. The second-order valence-corrected chi connectivity index (χ2v) is 3.90. The molecule has 0 saturated heterocycles. The molecule has 0 amide bonds. The summed E-state index contributed by atoms with van der Waals surface area (Å²) in [5.74, 6) is -1.04. The van der Waals surface area contributed by atoms with Crippen LogP contribution in [0.1, 0.15) is 17.5 Å². The predicted molar refractivity (Wildman–Crippen MR) is 66.5 cm³/mol. The van der Waals surface area contributed by atoms with Crippen molar-refractivity contribution in [2.75, 3.05) is 0 Å². The summed E-state index contributed by atoms with van der Waals surface area (Å²) in [6, 6.07) is 7.30. The minimum atomic E-state index is -1.04. The maximum absolute atomic E-state index is 10.6. The second-order valence-electron chi connectivity index (χ2n) is 3.52. The Morgan fingerprint density at radius 1 is 1.41 bits per heavy atom. The highest BCUT2D eigenvalue weighted by atomic mass is 35.5. The minimum Gasteiger partial charge on any atom is -0.481 e. The number of carboxylic acids is 1. The van der Waals surface area contributed by atoms with Crippen molar-refractivity contribution in [1.29, 1.82) is 0 Å². The summed E-state index contributed by atoms with van der Waals surface area (Å²) in [4.78, 5) is 10.6. The third-order valence-electron chi connectivity index (χ3n) is 2.14. The number of oxime groups is 1. The fourth-order valence-electron chi connectivity index (χ4n) is 1.30. The van der Waals surface area contributed by atoms with Gasteiger partial charge in [0.15, 0.2) is 0 Å². The Morgan fingerprint density at radius 2 is 2.00 bits per heavy atom. The van der Waals surface area contributed by atoms with Crippen molar-refractivity contribution in [3.8, 4) is 0 Å². The second kappa shape index (κ2) is 6.06. The van der Waals surface area contributed by atoms with E-state index in [2.05, 4.69) is 5.16 Å². The Morgan fingerprint density at radius 3 is 2.47 bits per heavy atom. The van der Waals surface area contributed by atoms with Gasteiger partial charge in [-0.15, -0.1) is 0 Å². The smallest absolute Gasteiger partial charge is 0.307 e. The topological polar surface area (TPSA) is 69.9 Å². The zero-order valence-corrected chi connectivity index (χ0v) is 9.98. The van der Waals surface area contributed by atoms with E-state index < -0.39 is 5.97 Å². The molecule has 2 N–H and O–H groups in total. The van der Waals surface area contributed by atoms with Gasteiger partial charge in [-0.3, -0.25) is 4.79 Å². The quantitative estimate of drug-likeness (QED) is 0.492. The highest BCUT2D eigenvalue weighted by molar-refractivity contribution is 6.50. The first-order valence-electron chi connectivity index (χ1n) is 4.89. The maximum atomic E-state index is 10.6. The number of rotatable bonds is 4. The Balaban J connectivity index is 3.13. The number of nitrogens with zero attached hydrogens (tertiary/aromatic N) is 1. The van der Waals surface area contributed by atoms with Crippen LogP contribution in [0.3, 0.4) is 0 Å². The van der Waals surface area contributed by atoms with E-state index in [4.69, 9.17) is 21.9 Å². The van der Waals surface area contributed by atoms with Gasteiger partial charge in [-0.1, -0.05) is 46.6 Å². The molecule has 0 unspecified atom stereocenters. The van der Waals surface area contributed by atoms with E-state index in [1.165, 1.54) is 0 Å². The van der Waals surface area contributed by atoms with Gasteiger partial charge in [0.1, 0.15) is 0 Å². The lowest BCUT2D eigenvalue weighted by Gasteiger charge is -2.04. The van der Waals surface area contributed by atoms with Crippen molar-refractivity contribution in [2.45, 2.75) is 13.3 Å². The SMILES string of the molecule is Cc1ccc(C(Cl)=C(C=NO)CC(=O)O)cc1. The van der Waals surface area contributed by atoms with Crippen LogP contribution in [-0.4, -0.2) is 22.5 Å². The van der Waals surface area contributed by atoms with E-state index >= 15 is 0 Å². The average molecular weight is 254 g/mol. The molecule has 0 heterocycles. The number of aliphatic carboxylic acids is 1. The molecule has 17 heavy (non-hydrogen) atoms. The molecule has 1 rings (SSSR count). The van der Waals surface area contributed by atoms with Crippen LogP contribution in [0.5, 0.6) is 0 Å². The zero-order chi connectivity index (χ0) is 12.8. The molecule has 0 bridgehead atoms. The van der Waals surface area contributed by atoms with Crippen LogP contribution in [-0.2, 0) is 4.79 Å². The first-order valence-corrected chi connectivity index (χ1v) is 5.27. The van der Waals surface area contributed by atoms with Gasteiger partial charge in [0.25, 0.3) is 0 Å². The summed E-state index contributed by atoms with van der Waals surface area (Å²) >= 11 is 6.06. The highest BCUT2D eigenvalue weighted by Gasteiger charge is 2.09. The van der Waals surface area contributed by atoms with Gasteiger partial charge in [0, 0.05) is 5.57 Å². The van der Waals surface area contributed by atoms with Crippen molar-refractivity contribution in [3.63, 3.8) is 0 Å². The van der Waals surface area contributed by atoms with Crippen molar-refractivity contribution in [1.82, 2.24) is 0 Å². The van der Waals surface area contributed by atoms with Gasteiger partial charge in [0.05, 0.1) is 17.7 Å². The lowest BCUT2D eigenvalue weighted by molar-refractivity contribution is -0.136. The number of hydrogen-bond acceptors (Lipinski definition) is 3. The lowest BCUT2D eigenvalue weighted by atomic mass is 10.1. The largest absolute Gasteiger partial charge is 0.481 e.